The second-order valence-corrected chi connectivity index (χ2v) is 4.01. The largest absolute Gasteiger partial charge is 0.284 e. The minimum atomic E-state index is 0.698. The third-order valence-electron chi connectivity index (χ3n) is 2.95. The Morgan fingerprint density at radius 3 is 3.14 bits per heavy atom. The highest BCUT2D eigenvalue weighted by atomic mass is 15.5. The van der Waals surface area contributed by atoms with Crippen LogP contribution in [-0.4, -0.2) is 11.6 Å². The van der Waals surface area contributed by atoms with Gasteiger partial charge in [0, 0.05) is 12.7 Å². The number of rotatable bonds is 3. The van der Waals surface area contributed by atoms with Crippen molar-refractivity contribution >= 4 is 0 Å². The van der Waals surface area contributed by atoms with Crippen LogP contribution in [0.25, 0.3) is 0 Å². The first-order valence-electron chi connectivity index (χ1n) is 5.43. The molecule has 1 atom stereocenters. The molecule has 0 amide bonds. The van der Waals surface area contributed by atoms with Crippen LogP contribution < -0.4 is 5.43 Å². The Morgan fingerprint density at radius 2 is 2.36 bits per heavy atom. The summed E-state index contributed by atoms with van der Waals surface area (Å²) in [6.07, 6.45) is 11.0. The highest BCUT2D eigenvalue weighted by molar-refractivity contribution is 5.36. The summed E-state index contributed by atoms with van der Waals surface area (Å²) in [5.74, 6) is 0.698. The molecule has 14 heavy (non-hydrogen) atoms. The smallest absolute Gasteiger partial charge is 0.0579 e. The number of nitrogens with zero attached hydrogens (tertiary/aromatic N) is 1. The Balaban J connectivity index is 2.18. The van der Waals surface area contributed by atoms with Crippen molar-refractivity contribution in [1.82, 2.24) is 10.4 Å². The fourth-order valence-corrected chi connectivity index (χ4v) is 2.14. The van der Waals surface area contributed by atoms with Crippen LogP contribution in [0.4, 0.5) is 0 Å². The molecule has 0 spiro atoms. The molecule has 2 rings (SSSR count). The molecule has 1 N–H and O–H groups in total. The molecule has 0 saturated heterocycles. The third-order valence-corrected chi connectivity index (χ3v) is 2.95. The van der Waals surface area contributed by atoms with E-state index in [4.69, 9.17) is 0 Å². The van der Waals surface area contributed by atoms with E-state index in [1.54, 1.807) is 5.57 Å². The predicted octanol–water partition coefficient (Wildman–Crippen LogP) is 2.58. The molecular formula is C12H18N2. The maximum Gasteiger partial charge on any atom is 0.0579 e. The van der Waals surface area contributed by atoms with Gasteiger partial charge in [0.2, 0.25) is 0 Å². The standard InChI is InChI=1S/C12H18N2/c1-3-6-10(2)11-9-13-14-8-5-4-7-12(11)14/h4-5,7-8,10,13H,3,6,9H2,1-2H3. The molecule has 1 unspecified atom stereocenters. The average Bonchev–Trinajstić information content (AvgIpc) is 2.61. The number of hydrogen-bond donors (Lipinski definition) is 1. The second kappa shape index (κ2) is 4.01. The molecule has 0 aromatic heterocycles. The quantitative estimate of drug-likeness (QED) is 0.736. The van der Waals surface area contributed by atoms with Gasteiger partial charge in [0.15, 0.2) is 0 Å². The van der Waals surface area contributed by atoms with Gasteiger partial charge in [-0.3, -0.25) is 5.01 Å². The molecule has 2 heterocycles. The monoisotopic (exact) mass is 190 g/mol. The van der Waals surface area contributed by atoms with Gasteiger partial charge < -0.3 is 0 Å². The van der Waals surface area contributed by atoms with Gasteiger partial charge in [0.1, 0.15) is 0 Å². The van der Waals surface area contributed by atoms with Gasteiger partial charge in [-0.05, 0) is 30.1 Å². The van der Waals surface area contributed by atoms with E-state index in [9.17, 15) is 0 Å². The molecule has 0 aliphatic carbocycles. The molecule has 2 heteroatoms. The zero-order valence-electron chi connectivity index (χ0n) is 8.96. The highest BCUT2D eigenvalue weighted by Crippen LogP contribution is 2.27. The fourth-order valence-electron chi connectivity index (χ4n) is 2.14. The molecular weight excluding hydrogens is 172 g/mol. The van der Waals surface area contributed by atoms with Crippen molar-refractivity contribution in [2.45, 2.75) is 26.7 Å². The summed E-state index contributed by atoms with van der Waals surface area (Å²) in [6.45, 7) is 5.58. The van der Waals surface area contributed by atoms with Gasteiger partial charge in [-0.2, -0.15) is 0 Å². The Kier molecular flexibility index (Phi) is 2.73. The van der Waals surface area contributed by atoms with Gasteiger partial charge in [-0.15, -0.1) is 0 Å². The molecule has 0 fully saturated rings. The number of allylic oxidation sites excluding steroid dienone is 3. The summed E-state index contributed by atoms with van der Waals surface area (Å²) in [7, 11) is 0. The van der Waals surface area contributed by atoms with E-state index in [2.05, 4.69) is 48.7 Å². The van der Waals surface area contributed by atoms with Crippen molar-refractivity contribution in [2.75, 3.05) is 6.54 Å². The SMILES string of the molecule is CCCC(C)C1=C2C=CC=CN2NC1. The molecule has 0 saturated carbocycles. The Hall–Kier alpha value is -1.02. The van der Waals surface area contributed by atoms with Crippen molar-refractivity contribution in [2.24, 2.45) is 5.92 Å². The van der Waals surface area contributed by atoms with E-state index in [0.717, 1.165) is 6.54 Å². The first-order valence-corrected chi connectivity index (χ1v) is 5.43. The van der Waals surface area contributed by atoms with Gasteiger partial charge in [-0.25, -0.2) is 5.43 Å². The van der Waals surface area contributed by atoms with Crippen molar-refractivity contribution < 1.29 is 0 Å². The number of hydrogen-bond acceptors (Lipinski definition) is 2. The van der Waals surface area contributed by atoms with Crippen molar-refractivity contribution in [3.8, 4) is 0 Å². The third kappa shape index (κ3) is 1.62. The van der Waals surface area contributed by atoms with Gasteiger partial charge in [-0.1, -0.05) is 26.3 Å². The van der Waals surface area contributed by atoms with Crippen LogP contribution in [-0.2, 0) is 0 Å². The van der Waals surface area contributed by atoms with Crippen LogP contribution >= 0.6 is 0 Å². The zero-order chi connectivity index (χ0) is 9.97. The van der Waals surface area contributed by atoms with Crippen LogP contribution in [0.1, 0.15) is 26.7 Å². The van der Waals surface area contributed by atoms with Crippen molar-refractivity contribution in [1.29, 1.82) is 0 Å². The summed E-state index contributed by atoms with van der Waals surface area (Å²) in [5.41, 5.74) is 6.27. The van der Waals surface area contributed by atoms with E-state index in [1.807, 2.05) is 0 Å². The predicted molar refractivity (Wildman–Crippen MR) is 59.2 cm³/mol. The average molecular weight is 190 g/mol. The van der Waals surface area contributed by atoms with Gasteiger partial charge >= 0.3 is 0 Å². The van der Waals surface area contributed by atoms with Crippen LogP contribution in [0.2, 0.25) is 0 Å². The van der Waals surface area contributed by atoms with E-state index < -0.39 is 0 Å². The molecule has 0 radical (unpaired) electrons. The number of nitrogens with one attached hydrogen (secondary N) is 1. The van der Waals surface area contributed by atoms with Crippen LogP contribution in [0, 0.1) is 5.92 Å². The molecule has 2 nitrogen and oxygen atoms in total. The van der Waals surface area contributed by atoms with E-state index in [1.165, 1.54) is 18.5 Å². The second-order valence-electron chi connectivity index (χ2n) is 4.01. The lowest BCUT2D eigenvalue weighted by atomic mass is 9.95. The maximum atomic E-state index is 3.37. The summed E-state index contributed by atoms with van der Waals surface area (Å²) in [4.78, 5) is 0. The Labute approximate surface area is 86.0 Å². The lowest BCUT2D eigenvalue weighted by Crippen LogP contribution is -2.26. The zero-order valence-corrected chi connectivity index (χ0v) is 8.96. The summed E-state index contributed by atoms with van der Waals surface area (Å²) in [6, 6.07) is 0. The maximum absolute atomic E-state index is 3.37. The minimum absolute atomic E-state index is 0.698. The van der Waals surface area contributed by atoms with E-state index in [0.29, 0.717) is 5.92 Å². The van der Waals surface area contributed by atoms with Gasteiger partial charge in [0.05, 0.1) is 5.70 Å². The fraction of sp³-hybridized carbons (Fsp3) is 0.500. The molecule has 0 aromatic rings. The summed E-state index contributed by atoms with van der Waals surface area (Å²) >= 11 is 0. The number of hydrazine groups is 1. The summed E-state index contributed by atoms with van der Waals surface area (Å²) in [5, 5.41) is 2.13. The van der Waals surface area contributed by atoms with Gasteiger partial charge in [0.25, 0.3) is 0 Å². The molecule has 0 aromatic carbocycles. The number of fused-ring (bicyclic) bond motifs is 1. The topological polar surface area (TPSA) is 15.3 Å². The Bertz CT molecular complexity index is 299. The lowest BCUT2D eigenvalue weighted by molar-refractivity contribution is 0.395. The van der Waals surface area contributed by atoms with Crippen LogP contribution in [0.5, 0.6) is 0 Å². The van der Waals surface area contributed by atoms with Crippen LogP contribution in [0.3, 0.4) is 0 Å². The van der Waals surface area contributed by atoms with E-state index >= 15 is 0 Å². The first kappa shape index (κ1) is 9.53. The lowest BCUT2D eigenvalue weighted by Gasteiger charge is -2.18. The van der Waals surface area contributed by atoms with Crippen molar-refractivity contribution in [3.05, 3.63) is 35.7 Å². The first-order chi connectivity index (χ1) is 6.83. The van der Waals surface area contributed by atoms with Crippen molar-refractivity contribution in [3.63, 3.8) is 0 Å². The summed E-state index contributed by atoms with van der Waals surface area (Å²) < 4.78 is 0. The molecule has 0 bridgehead atoms. The molecule has 2 aliphatic heterocycles. The van der Waals surface area contributed by atoms with Crippen LogP contribution in [0.15, 0.2) is 35.7 Å². The normalized spacial score (nSPS) is 21.7. The molecule has 2 aliphatic rings. The Morgan fingerprint density at radius 1 is 1.50 bits per heavy atom. The van der Waals surface area contributed by atoms with E-state index in [-0.39, 0.29) is 0 Å². The molecule has 76 valence electrons. The highest BCUT2D eigenvalue weighted by Gasteiger charge is 2.22. The minimum Gasteiger partial charge on any atom is -0.284 e.